The standard InChI is InChI=1S/C10H12ClNO/c1-2-10(11,9(12)13)8-6-4-3-5-7-8/h3-7H,2H2,1H3,(H2,12,13). The van der Waals surface area contributed by atoms with Crippen LogP contribution in [0.4, 0.5) is 0 Å². The molecule has 2 nitrogen and oxygen atoms in total. The average Bonchev–Trinajstić information content (AvgIpc) is 2.17. The van der Waals surface area contributed by atoms with Gasteiger partial charge in [-0.15, -0.1) is 11.6 Å². The number of primary amides is 1. The molecule has 1 aromatic rings. The van der Waals surface area contributed by atoms with Crippen molar-refractivity contribution in [1.82, 2.24) is 0 Å². The fourth-order valence-corrected chi connectivity index (χ4v) is 1.35. The van der Waals surface area contributed by atoms with Gasteiger partial charge in [0.25, 0.3) is 0 Å². The number of hydrogen-bond donors (Lipinski definition) is 1. The number of rotatable bonds is 3. The van der Waals surface area contributed by atoms with Crippen molar-refractivity contribution in [2.75, 3.05) is 0 Å². The summed E-state index contributed by atoms with van der Waals surface area (Å²) in [4.78, 5) is 10.1. The number of halogens is 1. The van der Waals surface area contributed by atoms with Gasteiger partial charge in [0.15, 0.2) is 0 Å². The molecule has 2 N–H and O–H groups in total. The number of carbonyl (C=O) groups is 1. The van der Waals surface area contributed by atoms with E-state index in [4.69, 9.17) is 17.3 Å². The molecule has 13 heavy (non-hydrogen) atoms. The summed E-state index contributed by atoms with van der Waals surface area (Å²) in [6, 6.07) is 9.16. The minimum absolute atomic E-state index is 0.494. The SMILES string of the molecule is CCC(Cl)(C(N)=O)c1ccccc1. The van der Waals surface area contributed by atoms with Gasteiger partial charge in [0.2, 0.25) is 5.91 Å². The zero-order valence-electron chi connectivity index (χ0n) is 7.46. The van der Waals surface area contributed by atoms with Gasteiger partial charge in [-0.05, 0) is 12.0 Å². The first-order valence-electron chi connectivity index (χ1n) is 4.15. The first kappa shape index (κ1) is 10.1. The van der Waals surface area contributed by atoms with E-state index in [9.17, 15) is 4.79 Å². The fraction of sp³-hybridized carbons (Fsp3) is 0.300. The van der Waals surface area contributed by atoms with Gasteiger partial charge in [0.1, 0.15) is 4.87 Å². The number of hydrogen-bond acceptors (Lipinski definition) is 1. The van der Waals surface area contributed by atoms with Crippen molar-refractivity contribution < 1.29 is 4.79 Å². The van der Waals surface area contributed by atoms with E-state index in [1.54, 1.807) is 12.1 Å². The van der Waals surface area contributed by atoms with Gasteiger partial charge >= 0.3 is 0 Å². The maximum Gasteiger partial charge on any atom is 0.243 e. The molecule has 1 unspecified atom stereocenters. The summed E-state index contributed by atoms with van der Waals surface area (Å²) in [5, 5.41) is 0. The highest BCUT2D eigenvalue weighted by molar-refractivity contribution is 6.34. The highest BCUT2D eigenvalue weighted by atomic mass is 35.5. The monoisotopic (exact) mass is 197 g/mol. The first-order valence-corrected chi connectivity index (χ1v) is 4.53. The third kappa shape index (κ3) is 1.83. The molecule has 1 amide bonds. The molecule has 0 aliphatic heterocycles. The first-order chi connectivity index (χ1) is 6.11. The largest absolute Gasteiger partial charge is 0.368 e. The molecule has 0 fully saturated rings. The molecule has 1 aromatic carbocycles. The van der Waals surface area contributed by atoms with E-state index < -0.39 is 10.8 Å². The second-order valence-electron chi connectivity index (χ2n) is 2.88. The highest BCUT2D eigenvalue weighted by Crippen LogP contribution is 2.31. The lowest BCUT2D eigenvalue weighted by Gasteiger charge is -2.21. The summed E-state index contributed by atoms with van der Waals surface area (Å²) in [6.45, 7) is 1.84. The molecule has 0 heterocycles. The van der Waals surface area contributed by atoms with Crippen LogP contribution < -0.4 is 5.73 Å². The van der Waals surface area contributed by atoms with E-state index in [0.717, 1.165) is 5.56 Å². The van der Waals surface area contributed by atoms with Crippen molar-refractivity contribution in [2.45, 2.75) is 18.2 Å². The van der Waals surface area contributed by atoms with E-state index in [0.29, 0.717) is 6.42 Å². The summed E-state index contributed by atoms with van der Waals surface area (Å²) in [5.74, 6) is -0.497. The van der Waals surface area contributed by atoms with Gasteiger partial charge < -0.3 is 5.73 Å². The molecule has 0 saturated carbocycles. The van der Waals surface area contributed by atoms with Crippen molar-refractivity contribution >= 4 is 17.5 Å². The van der Waals surface area contributed by atoms with Gasteiger partial charge in [-0.25, -0.2) is 0 Å². The Hall–Kier alpha value is -1.02. The van der Waals surface area contributed by atoms with E-state index in [2.05, 4.69) is 0 Å². The quantitative estimate of drug-likeness (QED) is 0.741. The van der Waals surface area contributed by atoms with Gasteiger partial charge in [-0.3, -0.25) is 4.79 Å². The van der Waals surface area contributed by atoms with Crippen molar-refractivity contribution in [2.24, 2.45) is 5.73 Å². The minimum atomic E-state index is -1.05. The molecule has 70 valence electrons. The molecule has 0 aliphatic rings. The van der Waals surface area contributed by atoms with Gasteiger partial charge in [-0.2, -0.15) is 0 Å². The number of carbonyl (C=O) groups excluding carboxylic acids is 1. The van der Waals surface area contributed by atoms with Crippen LogP contribution in [0, 0.1) is 0 Å². The second kappa shape index (κ2) is 3.79. The topological polar surface area (TPSA) is 43.1 Å². The summed E-state index contributed by atoms with van der Waals surface area (Å²) in [7, 11) is 0. The van der Waals surface area contributed by atoms with E-state index >= 15 is 0 Å². The molecule has 1 rings (SSSR count). The molecular formula is C10H12ClNO. The van der Waals surface area contributed by atoms with Crippen molar-refractivity contribution in [1.29, 1.82) is 0 Å². The molecule has 0 radical (unpaired) electrons. The van der Waals surface area contributed by atoms with Crippen molar-refractivity contribution in [3.8, 4) is 0 Å². The minimum Gasteiger partial charge on any atom is -0.368 e. The Labute approximate surface area is 82.7 Å². The average molecular weight is 198 g/mol. The van der Waals surface area contributed by atoms with Crippen LogP contribution >= 0.6 is 11.6 Å². The van der Waals surface area contributed by atoms with Crippen LogP contribution in [0.25, 0.3) is 0 Å². The Morgan fingerprint density at radius 1 is 1.46 bits per heavy atom. The molecule has 0 saturated heterocycles. The fourth-order valence-electron chi connectivity index (χ4n) is 1.22. The van der Waals surface area contributed by atoms with E-state index in [1.165, 1.54) is 0 Å². The van der Waals surface area contributed by atoms with Crippen molar-refractivity contribution in [3.05, 3.63) is 35.9 Å². The molecule has 0 aromatic heterocycles. The maximum absolute atomic E-state index is 11.1. The zero-order chi connectivity index (χ0) is 9.90. The Bertz CT molecular complexity index is 299. The third-order valence-electron chi connectivity index (χ3n) is 2.11. The molecule has 1 atom stereocenters. The number of benzene rings is 1. The molecular weight excluding hydrogens is 186 g/mol. The van der Waals surface area contributed by atoms with Crippen LogP contribution in [0.2, 0.25) is 0 Å². The lowest BCUT2D eigenvalue weighted by molar-refractivity contribution is -0.120. The van der Waals surface area contributed by atoms with Crippen LogP contribution in [0.5, 0.6) is 0 Å². The number of nitrogens with two attached hydrogens (primary N) is 1. The summed E-state index contributed by atoms with van der Waals surface area (Å²) in [6.07, 6.45) is 0.494. The molecule has 0 bridgehead atoms. The number of alkyl halides is 1. The van der Waals surface area contributed by atoms with Crippen LogP contribution in [0.15, 0.2) is 30.3 Å². The Kier molecular flexibility index (Phi) is 2.94. The zero-order valence-corrected chi connectivity index (χ0v) is 8.21. The number of amides is 1. The Morgan fingerprint density at radius 3 is 2.38 bits per heavy atom. The van der Waals surface area contributed by atoms with Crippen LogP contribution in [0.1, 0.15) is 18.9 Å². The highest BCUT2D eigenvalue weighted by Gasteiger charge is 2.33. The van der Waals surface area contributed by atoms with Crippen LogP contribution in [-0.2, 0) is 9.67 Å². The third-order valence-corrected chi connectivity index (χ3v) is 2.78. The Balaban J connectivity index is 3.11. The van der Waals surface area contributed by atoms with Crippen LogP contribution in [-0.4, -0.2) is 5.91 Å². The summed E-state index contributed by atoms with van der Waals surface area (Å²) >= 11 is 6.11. The smallest absolute Gasteiger partial charge is 0.243 e. The summed E-state index contributed by atoms with van der Waals surface area (Å²) in [5.41, 5.74) is 6.00. The van der Waals surface area contributed by atoms with Gasteiger partial charge in [-0.1, -0.05) is 37.3 Å². The predicted octanol–water partition coefficient (Wildman–Crippen LogP) is 2.02. The lowest BCUT2D eigenvalue weighted by Crippen LogP contribution is -2.35. The molecule has 3 heteroatoms. The maximum atomic E-state index is 11.1. The van der Waals surface area contributed by atoms with Gasteiger partial charge in [0, 0.05) is 0 Å². The lowest BCUT2D eigenvalue weighted by atomic mass is 9.95. The van der Waals surface area contributed by atoms with E-state index in [-0.39, 0.29) is 0 Å². The molecule has 0 aliphatic carbocycles. The van der Waals surface area contributed by atoms with Crippen LogP contribution in [0.3, 0.4) is 0 Å². The second-order valence-corrected chi connectivity index (χ2v) is 3.53. The molecule has 0 spiro atoms. The van der Waals surface area contributed by atoms with Crippen molar-refractivity contribution in [3.63, 3.8) is 0 Å². The Morgan fingerprint density at radius 2 is 2.00 bits per heavy atom. The van der Waals surface area contributed by atoms with Gasteiger partial charge in [0.05, 0.1) is 0 Å². The van der Waals surface area contributed by atoms with E-state index in [1.807, 2.05) is 25.1 Å². The summed E-state index contributed by atoms with van der Waals surface area (Å²) < 4.78 is 0. The predicted molar refractivity (Wildman–Crippen MR) is 53.5 cm³/mol. The normalized spacial score (nSPS) is 14.9.